The van der Waals surface area contributed by atoms with E-state index in [1.54, 1.807) is 0 Å². The van der Waals surface area contributed by atoms with Crippen LogP contribution in [-0.2, 0) is 15.8 Å². The summed E-state index contributed by atoms with van der Waals surface area (Å²) in [5.41, 5.74) is -1.56. The fourth-order valence-electron chi connectivity index (χ4n) is 1.08. The molecule has 1 rings (SSSR count). The van der Waals surface area contributed by atoms with Crippen LogP contribution in [-0.4, -0.2) is 22.7 Å². The molecule has 16 heavy (non-hydrogen) atoms. The van der Waals surface area contributed by atoms with E-state index in [-0.39, 0.29) is 0 Å². The third kappa shape index (κ3) is 2.86. The number of benzene rings is 1. The molecule has 1 aromatic rings. The van der Waals surface area contributed by atoms with Crippen molar-refractivity contribution in [2.24, 2.45) is 0 Å². The van der Waals surface area contributed by atoms with E-state index in [1.165, 1.54) is 0 Å². The van der Waals surface area contributed by atoms with Crippen LogP contribution in [0.5, 0.6) is 5.75 Å². The summed E-state index contributed by atoms with van der Waals surface area (Å²) in [6, 6.07) is 1.87. The van der Waals surface area contributed by atoms with Crippen LogP contribution in [0.25, 0.3) is 0 Å². The topological polar surface area (TPSA) is 79.2 Å². The average Bonchev–Trinajstić information content (AvgIpc) is 2.17. The van der Waals surface area contributed by atoms with Crippen LogP contribution in [0, 0.1) is 0 Å². The first-order chi connectivity index (χ1) is 7.38. The van der Waals surface area contributed by atoms with E-state index in [0.29, 0.717) is 12.1 Å². The minimum Gasteiger partial charge on any atom is -0.508 e. The highest BCUT2D eigenvalue weighted by Gasteiger charge is 2.33. The molecule has 0 radical (unpaired) electrons. The van der Waals surface area contributed by atoms with Gasteiger partial charge >= 0.3 is 13.3 Å². The molecule has 0 aromatic heterocycles. The van der Waals surface area contributed by atoms with E-state index in [9.17, 15) is 13.2 Å². The highest BCUT2D eigenvalue weighted by atomic mass is 19.4. The Morgan fingerprint density at radius 2 is 1.62 bits per heavy atom. The van der Waals surface area contributed by atoms with E-state index in [0.717, 1.165) is 6.07 Å². The molecule has 5 nitrogen and oxygen atoms in total. The lowest BCUT2D eigenvalue weighted by Crippen LogP contribution is -2.35. The van der Waals surface area contributed by atoms with Crippen LogP contribution in [0.1, 0.15) is 5.56 Å². The van der Waals surface area contributed by atoms with Gasteiger partial charge in [0.25, 0.3) is 0 Å². The summed E-state index contributed by atoms with van der Waals surface area (Å²) in [7, 11) is -1.83. The minimum atomic E-state index is -4.68. The van der Waals surface area contributed by atoms with Gasteiger partial charge in [0.1, 0.15) is 5.75 Å². The van der Waals surface area contributed by atoms with Gasteiger partial charge in [0, 0.05) is 0 Å². The number of alkyl halides is 3. The summed E-state index contributed by atoms with van der Waals surface area (Å²) >= 11 is 0. The molecule has 0 fully saturated rings. The quantitative estimate of drug-likeness (QED) is 0.417. The molecule has 9 heteroatoms. The van der Waals surface area contributed by atoms with E-state index in [2.05, 4.69) is 9.61 Å². The molecule has 0 spiro atoms. The molecule has 0 unspecified atom stereocenters. The molecule has 0 aliphatic carbocycles. The number of hydrogen-bond donors (Lipinski definition) is 3. The van der Waals surface area contributed by atoms with E-state index < -0.39 is 30.1 Å². The van der Waals surface area contributed by atoms with Crippen molar-refractivity contribution in [2.75, 3.05) is 0 Å². The molecule has 0 aliphatic rings. The molecular weight excluding hydrogens is 232 g/mol. The Morgan fingerprint density at radius 1 is 1.06 bits per heavy atom. The van der Waals surface area contributed by atoms with Gasteiger partial charge in [0.2, 0.25) is 0 Å². The average molecular weight is 238 g/mol. The number of aromatic hydroxyl groups is 1. The van der Waals surface area contributed by atoms with Crippen molar-refractivity contribution in [3.63, 3.8) is 0 Å². The molecule has 88 valence electrons. The lowest BCUT2D eigenvalue weighted by Gasteiger charge is -2.11. The molecule has 0 saturated heterocycles. The zero-order valence-corrected chi connectivity index (χ0v) is 7.60. The third-order valence-electron chi connectivity index (χ3n) is 1.73. The Labute approximate surface area is 87.7 Å². The molecule has 0 atom stereocenters. The standard InChI is InChI=1S/C7H6BF3O5/c9-7(10,11)4-1-5(3-6(12)2-4)8(15-13)16-14/h1-3,12-14H. The summed E-state index contributed by atoms with van der Waals surface area (Å²) in [4.78, 5) is 7.11. The number of halogens is 3. The van der Waals surface area contributed by atoms with Gasteiger partial charge in [-0.25, -0.2) is 0 Å². The Bertz CT molecular complexity index is 366. The van der Waals surface area contributed by atoms with Crippen molar-refractivity contribution in [1.29, 1.82) is 0 Å². The highest BCUT2D eigenvalue weighted by molar-refractivity contribution is 6.60. The van der Waals surface area contributed by atoms with Crippen molar-refractivity contribution in [1.82, 2.24) is 0 Å². The van der Waals surface area contributed by atoms with Gasteiger partial charge in [0.15, 0.2) is 0 Å². The highest BCUT2D eigenvalue weighted by Crippen LogP contribution is 2.30. The van der Waals surface area contributed by atoms with E-state index in [1.807, 2.05) is 0 Å². The van der Waals surface area contributed by atoms with Gasteiger partial charge < -0.3 is 5.11 Å². The van der Waals surface area contributed by atoms with Crippen LogP contribution < -0.4 is 5.46 Å². The van der Waals surface area contributed by atoms with Crippen molar-refractivity contribution in [2.45, 2.75) is 6.18 Å². The zero-order valence-electron chi connectivity index (χ0n) is 7.60. The van der Waals surface area contributed by atoms with Gasteiger partial charge in [-0.1, -0.05) is 0 Å². The Hall–Kier alpha value is -1.29. The second-order valence-electron chi connectivity index (χ2n) is 2.85. The van der Waals surface area contributed by atoms with Crippen molar-refractivity contribution < 1.29 is 38.4 Å². The normalized spacial score (nSPS) is 11.6. The largest absolute Gasteiger partial charge is 0.554 e. The summed E-state index contributed by atoms with van der Waals surface area (Å²) in [6.07, 6.45) is -4.68. The minimum absolute atomic E-state index is 0.391. The smallest absolute Gasteiger partial charge is 0.508 e. The van der Waals surface area contributed by atoms with Crippen LogP contribution >= 0.6 is 0 Å². The van der Waals surface area contributed by atoms with Gasteiger partial charge in [-0.2, -0.15) is 13.2 Å². The number of hydrogen-bond acceptors (Lipinski definition) is 5. The molecule has 0 aliphatic heterocycles. The maximum Gasteiger partial charge on any atom is 0.554 e. The van der Waals surface area contributed by atoms with Crippen LogP contribution in [0.2, 0.25) is 0 Å². The number of phenolic OH excluding ortho intramolecular Hbond substituents is 1. The van der Waals surface area contributed by atoms with Gasteiger partial charge in [-0.3, -0.25) is 20.1 Å². The SMILES string of the molecule is OOB(OO)c1cc(O)cc(C(F)(F)F)c1. The Morgan fingerprint density at radius 3 is 2.06 bits per heavy atom. The first kappa shape index (κ1) is 12.8. The maximum atomic E-state index is 12.3. The third-order valence-corrected chi connectivity index (χ3v) is 1.73. The fraction of sp³-hybridized carbons (Fsp3) is 0.143. The van der Waals surface area contributed by atoms with E-state index in [4.69, 9.17) is 15.6 Å². The van der Waals surface area contributed by atoms with Crippen molar-refractivity contribution >= 4 is 12.6 Å². The zero-order chi connectivity index (χ0) is 12.3. The summed E-state index contributed by atoms with van der Waals surface area (Å²) in [6.45, 7) is 0. The lowest BCUT2D eigenvalue weighted by molar-refractivity contribution is -0.221. The molecule has 0 heterocycles. The summed E-state index contributed by atoms with van der Waals surface area (Å²) in [5, 5.41) is 25.5. The van der Waals surface area contributed by atoms with Crippen LogP contribution in [0.3, 0.4) is 0 Å². The van der Waals surface area contributed by atoms with Gasteiger partial charge in [0.05, 0.1) is 5.56 Å². The lowest BCUT2D eigenvalue weighted by atomic mass is 9.79. The second-order valence-corrected chi connectivity index (χ2v) is 2.85. The number of rotatable bonds is 3. The molecule has 1 aromatic carbocycles. The van der Waals surface area contributed by atoms with E-state index >= 15 is 0 Å². The molecular formula is C7H6BF3O5. The second kappa shape index (κ2) is 4.70. The molecule has 0 saturated carbocycles. The predicted molar refractivity (Wildman–Crippen MR) is 45.9 cm³/mol. The fourth-order valence-corrected chi connectivity index (χ4v) is 1.08. The maximum absolute atomic E-state index is 12.3. The predicted octanol–water partition coefficient (Wildman–Crippen LogP) is 1.09. The molecule has 3 N–H and O–H groups in total. The summed E-state index contributed by atoms with van der Waals surface area (Å²) < 4.78 is 36.9. The van der Waals surface area contributed by atoms with Crippen molar-refractivity contribution in [3.05, 3.63) is 23.8 Å². The van der Waals surface area contributed by atoms with Crippen LogP contribution in [0.15, 0.2) is 18.2 Å². The van der Waals surface area contributed by atoms with Crippen LogP contribution in [0.4, 0.5) is 13.2 Å². The number of phenols is 1. The first-order valence-electron chi connectivity index (χ1n) is 3.90. The first-order valence-corrected chi connectivity index (χ1v) is 3.90. The summed E-state index contributed by atoms with van der Waals surface area (Å²) in [5.74, 6) is -0.705. The van der Waals surface area contributed by atoms with Gasteiger partial charge in [-0.05, 0) is 23.7 Å². The van der Waals surface area contributed by atoms with Crippen molar-refractivity contribution in [3.8, 4) is 5.75 Å². The monoisotopic (exact) mass is 238 g/mol. The molecule has 0 bridgehead atoms. The Balaban J connectivity index is 3.17. The Kier molecular flexibility index (Phi) is 3.76. The van der Waals surface area contributed by atoms with Gasteiger partial charge in [-0.15, -0.1) is 0 Å². The molecule has 0 amide bonds.